The lowest BCUT2D eigenvalue weighted by molar-refractivity contribution is 0.393. The molecule has 64 valence electrons. The van der Waals surface area contributed by atoms with Gasteiger partial charge in [0, 0.05) is 11.8 Å². The molecule has 0 saturated heterocycles. The minimum absolute atomic E-state index is 0.801. The number of aryl methyl sites for hydroxylation is 2. The fourth-order valence-corrected chi connectivity index (χ4v) is 1.06. The smallest absolute Gasteiger partial charge is 0.149 e. The molecule has 1 aromatic heterocycles. The number of nitrogens with zero attached hydrogens (tertiary/aromatic N) is 1. The van der Waals surface area contributed by atoms with Crippen molar-refractivity contribution in [3.8, 4) is 11.8 Å². The zero-order chi connectivity index (χ0) is 8.97. The summed E-state index contributed by atoms with van der Waals surface area (Å²) in [5.74, 6) is 6.85. The Morgan fingerprint density at radius 2 is 2.25 bits per heavy atom. The van der Waals surface area contributed by atoms with Gasteiger partial charge in [-0.15, -0.1) is 0 Å². The van der Waals surface area contributed by atoms with Crippen molar-refractivity contribution in [2.24, 2.45) is 0 Å². The molecule has 0 unspecified atom stereocenters. The third kappa shape index (κ3) is 2.12. The van der Waals surface area contributed by atoms with E-state index in [0.717, 1.165) is 28.8 Å². The zero-order valence-corrected chi connectivity index (χ0v) is 8.73. The van der Waals surface area contributed by atoms with Crippen molar-refractivity contribution < 1.29 is 4.52 Å². The topological polar surface area (TPSA) is 26.0 Å². The van der Waals surface area contributed by atoms with Crippen LogP contribution in [0.2, 0.25) is 0 Å². The van der Waals surface area contributed by atoms with Crippen LogP contribution < -0.4 is 0 Å². The van der Waals surface area contributed by atoms with Crippen LogP contribution in [0.15, 0.2) is 4.52 Å². The molecule has 0 aliphatic carbocycles. The monoisotopic (exact) mass is 227 g/mol. The Labute approximate surface area is 80.5 Å². The molecule has 0 saturated carbocycles. The van der Waals surface area contributed by atoms with Gasteiger partial charge in [-0.2, -0.15) is 0 Å². The molecule has 0 bridgehead atoms. The van der Waals surface area contributed by atoms with Crippen LogP contribution in [0.4, 0.5) is 0 Å². The molecular formula is C9H10BrNO. The molecule has 1 heterocycles. The number of rotatable bonds is 1. The highest BCUT2D eigenvalue weighted by Gasteiger charge is 2.04. The van der Waals surface area contributed by atoms with Gasteiger partial charge in [0.1, 0.15) is 5.76 Å². The van der Waals surface area contributed by atoms with Crippen LogP contribution >= 0.6 is 15.9 Å². The fraction of sp³-hybridized carbons (Fsp3) is 0.444. The SMILES string of the molecule is Cc1noc(C)c1C#CCCBr. The molecule has 0 N–H and O–H groups in total. The van der Waals surface area contributed by atoms with E-state index in [1.54, 1.807) is 0 Å². The molecule has 3 heteroatoms. The molecule has 1 rings (SSSR count). The highest BCUT2D eigenvalue weighted by atomic mass is 79.9. The molecule has 0 amide bonds. The first-order valence-corrected chi connectivity index (χ1v) is 4.85. The highest BCUT2D eigenvalue weighted by molar-refractivity contribution is 9.09. The lowest BCUT2D eigenvalue weighted by Gasteiger charge is -1.83. The van der Waals surface area contributed by atoms with Crippen LogP contribution in [0.5, 0.6) is 0 Å². The van der Waals surface area contributed by atoms with Crippen LogP contribution in [0.25, 0.3) is 0 Å². The van der Waals surface area contributed by atoms with Gasteiger partial charge in [0.2, 0.25) is 0 Å². The zero-order valence-electron chi connectivity index (χ0n) is 7.15. The fourth-order valence-electron chi connectivity index (χ4n) is 0.860. The molecule has 12 heavy (non-hydrogen) atoms. The van der Waals surface area contributed by atoms with E-state index >= 15 is 0 Å². The Morgan fingerprint density at radius 1 is 1.50 bits per heavy atom. The van der Waals surface area contributed by atoms with Gasteiger partial charge in [0.15, 0.2) is 0 Å². The van der Waals surface area contributed by atoms with E-state index in [1.807, 2.05) is 13.8 Å². The first kappa shape index (κ1) is 9.34. The number of hydrogen-bond acceptors (Lipinski definition) is 2. The average Bonchev–Trinajstić information content (AvgIpc) is 2.35. The second kappa shape index (κ2) is 4.32. The Hall–Kier alpha value is -0.750. The lowest BCUT2D eigenvalue weighted by Crippen LogP contribution is -1.78. The van der Waals surface area contributed by atoms with Crippen molar-refractivity contribution in [2.45, 2.75) is 20.3 Å². The van der Waals surface area contributed by atoms with E-state index in [9.17, 15) is 0 Å². The van der Waals surface area contributed by atoms with Gasteiger partial charge in [-0.3, -0.25) is 0 Å². The second-order valence-electron chi connectivity index (χ2n) is 2.44. The van der Waals surface area contributed by atoms with Crippen molar-refractivity contribution in [1.82, 2.24) is 5.16 Å². The maximum absolute atomic E-state index is 4.96. The summed E-state index contributed by atoms with van der Waals surface area (Å²) in [6, 6.07) is 0. The van der Waals surface area contributed by atoms with Crippen LogP contribution in [-0.2, 0) is 0 Å². The van der Waals surface area contributed by atoms with Gasteiger partial charge in [0.05, 0.1) is 11.3 Å². The summed E-state index contributed by atoms with van der Waals surface area (Å²) in [4.78, 5) is 0. The van der Waals surface area contributed by atoms with E-state index in [-0.39, 0.29) is 0 Å². The number of hydrogen-bond donors (Lipinski definition) is 0. The van der Waals surface area contributed by atoms with E-state index in [4.69, 9.17) is 4.52 Å². The summed E-state index contributed by atoms with van der Waals surface area (Å²) in [7, 11) is 0. The van der Waals surface area contributed by atoms with E-state index in [0.29, 0.717) is 0 Å². The Kier molecular flexibility index (Phi) is 3.36. The molecular weight excluding hydrogens is 218 g/mol. The van der Waals surface area contributed by atoms with E-state index in [2.05, 4.69) is 32.9 Å². The van der Waals surface area contributed by atoms with Crippen molar-refractivity contribution in [3.05, 3.63) is 17.0 Å². The Balaban J connectivity index is 2.82. The Morgan fingerprint density at radius 3 is 2.75 bits per heavy atom. The van der Waals surface area contributed by atoms with Gasteiger partial charge >= 0.3 is 0 Å². The lowest BCUT2D eigenvalue weighted by atomic mass is 10.2. The summed E-state index contributed by atoms with van der Waals surface area (Å²) in [5.41, 5.74) is 1.80. The van der Waals surface area contributed by atoms with Crippen molar-refractivity contribution in [3.63, 3.8) is 0 Å². The summed E-state index contributed by atoms with van der Waals surface area (Å²) < 4.78 is 4.96. The van der Waals surface area contributed by atoms with Gasteiger partial charge < -0.3 is 4.52 Å². The van der Waals surface area contributed by atoms with Gasteiger partial charge in [-0.25, -0.2) is 0 Å². The summed E-state index contributed by atoms with van der Waals surface area (Å²) in [5, 5.41) is 4.71. The predicted octanol–water partition coefficient (Wildman–Crippen LogP) is 2.43. The molecule has 0 spiro atoms. The first-order chi connectivity index (χ1) is 5.75. The van der Waals surface area contributed by atoms with Gasteiger partial charge in [0.25, 0.3) is 0 Å². The summed E-state index contributed by atoms with van der Waals surface area (Å²) in [6.45, 7) is 3.77. The number of halogens is 1. The van der Waals surface area contributed by atoms with Gasteiger partial charge in [-0.05, 0) is 13.8 Å². The summed E-state index contributed by atoms with van der Waals surface area (Å²) in [6.07, 6.45) is 0.851. The van der Waals surface area contributed by atoms with Crippen molar-refractivity contribution >= 4 is 15.9 Å². The average molecular weight is 228 g/mol. The first-order valence-electron chi connectivity index (χ1n) is 3.73. The normalized spacial score (nSPS) is 9.25. The van der Waals surface area contributed by atoms with Crippen molar-refractivity contribution in [1.29, 1.82) is 0 Å². The predicted molar refractivity (Wildman–Crippen MR) is 51.3 cm³/mol. The summed E-state index contributed by atoms with van der Waals surface area (Å²) >= 11 is 3.31. The maximum atomic E-state index is 4.96. The minimum atomic E-state index is 0.801. The Bertz CT molecular complexity index is 300. The molecule has 0 atom stereocenters. The number of aromatic nitrogens is 1. The molecule has 0 aliphatic heterocycles. The van der Waals surface area contributed by atoms with Gasteiger partial charge in [-0.1, -0.05) is 32.9 Å². The third-order valence-electron chi connectivity index (χ3n) is 1.47. The molecule has 2 nitrogen and oxygen atoms in total. The molecule has 0 aromatic carbocycles. The maximum Gasteiger partial charge on any atom is 0.149 e. The minimum Gasteiger partial charge on any atom is -0.360 e. The highest BCUT2D eigenvalue weighted by Crippen LogP contribution is 2.09. The second-order valence-corrected chi connectivity index (χ2v) is 3.23. The van der Waals surface area contributed by atoms with Crippen LogP contribution in [0.3, 0.4) is 0 Å². The number of alkyl halides is 1. The molecule has 0 fully saturated rings. The molecule has 0 radical (unpaired) electrons. The van der Waals surface area contributed by atoms with E-state index in [1.165, 1.54) is 0 Å². The molecule has 0 aliphatic rings. The molecule has 1 aromatic rings. The largest absolute Gasteiger partial charge is 0.360 e. The van der Waals surface area contributed by atoms with E-state index < -0.39 is 0 Å². The van der Waals surface area contributed by atoms with Crippen LogP contribution in [0, 0.1) is 25.7 Å². The van der Waals surface area contributed by atoms with Crippen molar-refractivity contribution in [2.75, 3.05) is 5.33 Å². The standard InChI is InChI=1S/C9H10BrNO/c1-7-9(5-3-4-6-10)8(2)12-11-7/h4,6H2,1-2H3. The quantitative estimate of drug-likeness (QED) is 0.545. The third-order valence-corrected chi connectivity index (χ3v) is 1.86. The van der Waals surface area contributed by atoms with Crippen LogP contribution in [0.1, 0.15) is 23.4 Å². The van der Waals surface area contributed by atoms with Crippen LogP contribution in [-0.4, -0.2) is 10.5 Å².